The Morgan fingerprint density at radius 3 is 2.31 bits per heavy atom. The lowest BCUT2D eigenvalue weighted by Crippen LogP contribution is -2.22. The van der Waals surface area contributed by atoms with Gasteiger partial charge in [0.05, 0.1) is 0 Å². The van der Waals surface area contributed by atoms with Crippen LogP contribution < -0.4 is 0 Å². The Morgan fingerprint density at radius 2 is 1.77 bits per heavy atom. The highest BCUT2D eigenvalue weighted by atomic mass is 28.3. The minimum atomic E-state index is -0.360. The number of hydrogen-bond acceptors (Lipinski definition) is 1. The second kappa shape index (κ2) is 6.79. The zero-order valence-electron chi connectivity index (χ0n) is 9.14. The molecule has 1 nitrogen and oxygen atoms in total. The van der Waals surface area contributed by atoms with Gasteiger partial charge in [0.2, 0.25) is 0 Å². The summed E-state index contributed by atoms with van der Waals surface area (Å²) in [7, 11) is -0.519. The van der Waals surface area contributed by atoms with Gasteiger partial charge in [0.25, 0.3) is 0 Å². The molecule has 0 saturated heterocycles. The standard InChI is InChI=1S/C10H23OSi2/c1-3-13(4-2)11-12-10-8-6-5-7-9-10/h10H,3-9,12H2,1-2H3. The van der Waals surface area contributed by atoms with Crippen molar-refractivity contribution < 1.29 is 4.12 Å². The molecule has 77 valence electrons. The van der Waals surface area contributed by atoms with Crippen molar-refractivity contribution in [1.29, 1.82) is 0 Å². The van der Waals surface area contributed by atoms with Gasteiger partial charge in [0, 0.05) is 0 Å². The van der Waals surface area contributed by atoms with Gasteiger partial charge in [-0.1, -0.05) is 46.0 Å². The van der Waals surface area contributed by atoms with Crippen molar-refractivity contribution >= 4 is 18.8 Å². The third kappa shape index (κ3) is 4.43. The van der Waals surface area contributed by atoms with E-state index in [9.17, 15) is 0 Å². The summed E-state index contributed by atoms with van der Waals surface area (Å²) >= 11 is 0. The molecule has 0 amide bonds. The maximum Gasteiger partial charge on any atom is 0.197 e. The number of rotatable bonds is 5. The van der Waals surface area contributed by atoms with Gasteiger partial charge in [-0.3, -0.25) is 0 Å². The third-order valence-corrected chi connectivity index (χ3v) is 8.20. The van der Waals surface area contributed by atoms with Gasteiger partial charge in [-0.15, -0.1) is 0 Å². The molecule has 0 aromatic rings. The lowest BCUT2D eigenvalue weighted by molar-refractivity contribution is 0.469. The summed E-state index contributed by atoms with van der Waals surface area (Å²) in [5.74, 6) is 0. The van der Waals surface area contributed by atoms with E-state index in [1.54, 1.807) is 0 Å². The molecule has 0 heterocycles. The second-order valence-electron chi connectivity index (χ2n) is 4.06. The molecule has 1 aliphatic carbocycles. The van der Waals surface area contributed by atoms with Crippen LogP contribution in [0.25, 0.3) is 0 Å². The van der Waals surface area contributed by atoms with Crippen molar-refractivity contribution in [3.8, 4) is 0 Å². The minimum Gasteiger partial charge on any atom is -0.460 e. The third-order valence-electron chi connectivity index (χ3n) is 3.04. The Kier molecular flexibility index (Phi) is 5.99. The van der Waals surface area contributed by atoms with E-state index in [4.69, 9.17) is 4.12 Å². The normalized spacial score (nSPS) is 20.5. The Hall–Kier alpha value is 0.394. The van der Waals surface area contributed by atoms with E-state index in [1.807, 2.05) is 0 Å². The first kappa shape index (κ1) is 11.5. The van der Waals surface area contributed by atoms with Crippen LogP contribution in [-0.2, 0) is 4.12 Å². The molecule has 1 rings (SSSR count). The van der Waals surface area contributed by atoms with E-state index in [0.717, 1.165) is 5.54 Å². The summed E-state index contributed by atoms with van der Waals surface area (Å²) in [5.41, 5.74) is 1.03. The zero-order chi connectivity index (χ0) is 9.52. The molecular weight excluding hydrogens is 192 g/mol. The van der Waals surface area contributed by atoms with Gasteiger partial charge >= 0.3 is 0 Å². The smallest absolute Gasteiger partial charge is 0.197 e. The predicted molar refractivity (Wildman–Crippen MR) is 63.2 cm³/mol. The highest BCUT2D eigenvalue weighted by Crippen LogP contribution is 2.28. The molecule has 1 radical (unpaired) electrons. The summed E-state index contributed by atoms with van der Waals surface area (Å²) in [6.07, 6.45) is 7.39. The summed E-state index contributed by atoms with van der Waals surface area (Å²) in [5, 5.41) is 0. The summed E-state index contributed by atoms with van der Waals surface area (Å²) in [6, 6.07) is 2.61. The Labute approximate surface area is 86.9 Å². The molecule has 0 bridgehead atoms. The quantitative estimate of drug-likeness (QED) is 0.641. The van der Waals surface area contributed by atoms with Gasteiger partial charge in [-0.2, -0.15) is 0 Å². The van der Waals surface area contributed by atoms with Crippen LogP contribution >= 0.6 is 0 Å². The van der Waals surface area contributed by atoms with Gasteiger partial charge in [0.15, 0.2) is 9.04 Å². The molecule has 1 saturated carbocycles. The molecule has 0 unspecified atom stereocenters. The largest absolute Gasteiger partial charge is 0.460 e. The van der Waals surface area contributed by atoms with Crippen LogP contribution in [0, 0.1) is 0 Å². The first-order chi connectivity index (χ1) is 6.36. The van der Waals surface area contributed by atoms with Gasteiger partial charge < -0.3 is 4.12 Å². The molecule has 0 aromatic carbocycles. The highest BCUT2D eigenvalue weighted by molar-refractivity contribution is 6.58. The van der Waals surface area contributed by atoms with Crippen LogP contribution in [0.3, 0.4) is 0 Å². The fourth-order valence-corrected chi connectivity index (χ4v) is 6.97. The van der Waals surface area contributed by atoms with E-state index in [1.165, 1.54) is 44.2 Å². The van der Waals surface area contributed by atoms with Crippen LogP contribution in [0.15, 0.2) is 0 Å². The Morgan fingerprint density at radius 1 is 1.15 bits per heavy atom. The molecule has 1 fully saturated rings. The summed E-state index contributed by atoms with van der Waals surface area (Å²) in [4.78, 5) is 0. The lowest BCUT2D eigenvalue weighted by atomic mass is 10.0. The molecule has 0 aromatic heterocycles. The average Bonchev–Trinajstić information content (AvgIpc) is 2.21. The van der Waals surface area contributed by atoms with Crippen LogP contribution in [0.2, 0.25) is 17.6 Å². The van der Waals surface area contributed by atoms with Gasteiger partial charge in [-0.05, 0) is 17.6 Å². The van der Waals surface area contributed by atoms with Gasteiger partial charge in [0.1, 0.15) is 9.76 Å². The summed E-state index contributed by atoms with van der Waals surface area (Å²) < 4.78 is 6.12. The first-order valence-electron chi connectivity index (χ1n) is 5.84. The van der Waals surface area contributed by atoms with Crippen LogP contribution in [0.1, 0.15) is 46.0 Å². The van der Waals surface area contributed by atoms with E-state index >= 15 is 0 Å². The maximum absolute atomic E-state index is 6.12. The zero-order valence-corrected chi connectivity index (χ0v) is 11.6. The topological polar surface area (TPSA) is 9.23 Å². The first-order valence-corrected chi connectivity index (χ1v) is 9.06. The van der Waals surface area contributed by atoms with Gasteiger partial charge in [-0.25, -0.2) is 0 Å². The molecule has 13 heavy (non-hydrogen) atoms. The molecular formula is C10H23OSi2. The average molecular weight is 215 g/mol. The molecule has 0 atom stereocenters. The summed E-state index contributed by atoms with van der Waals surface area (Å²) in [6.45, 7) is 4.57. The van der Waals surface area contributed by atoms with Crippen molar-refractivity contribution in [2.24, 2.45) is 0 Å². The van der Waals surface area contributed by atoms with Crippen molar-refractivity contribution in [1.82, 2.24) is 0 Å². The minimum absolute atomic E-state index is 0.159. The van der Waals surface area contributed by atoms with Crippen LogP contribution in [-0.4, -0.2) is 18.8 Å². The fourth-order valence-electron chi connectivity index (χ4n) is 2.04. The van der Waals surface area contributed by atoms with Crippen molar-refractivity contribution in [2.75, 3.05) is 0 Å². The lowest BCUT2D eigenvalue weighted by Gasteiger charge is -2.22. The Bertz CT molecular complexity index is 120. The molecule has 0 aliphatic heterocycles. The van der Waals surface area contributed by atoms with E-state index in [-0.39, 0.29) is 18.8 Å². The van der Waals surface area contributed by atoms with E-state index in [0.29, 0.717) is 0 Å². The monoisotopic (exact) mass is 215 g/mol. The van der Waals surface area contributed by atoms with E-state index in [2.05, 4.69) is 13.8 Å². The van der Waals surface area contributed by atoms with Crippen molar-refractivity contribution in [3.05, 3.63) is 0 Å². The van der Waals surface area contributed by atoms with Crippen molar-refractivity contribution in [3.63, 3.8) is 0 Å². The molecule has 0 spiro atoms. The van der Waals surface area contributed by atoms with Crippen molar-refractivity contribution in [2.45, 2.75) is 63.6 Å². The van der Waals surface area contributed by atoms with Crippen LogP contribution in [0.5, 0.6) is 0 Å². The van der Waals surface area contributed by atoms with E-state index < -0.39 is 0 Å². The maximum atomic E-state index is 6.12. The molecule has 3 heteroatoms. The highest BCUT2D eigenvalue weighted by Gasteiger charge is 2.16. The predicted octanol–water partition coefficient (Wildman–Crippen LogP) is 2.87. The Balaban J connectivity index is 2.09. The SMILES string of the molecule is CC[Si](CC)O[SiH2]C1CCCCC1. The fraction of sp³-hybridized carbons (Fsp3) is 1.00. The molecule has 0 N–H and O–H groups in total. The second-order valence-corrected chi connectivity index (χ2v) is 9.20. The molecule has 1 aliphatic rings. The van der Waals surface area contributed by atoms with Crippen LogP contribution in [0.4, 0.5) is 0 Å². The number of hydrogen-bond donors (Lipinski definition) is 0.